The van der Waals surface area contributed by atoms with Crippen molar-refractivity contribution in [2.75, 3.05) is 65.4 Å². The summed E-state index contributed by atoms with van der Waals surface area (Å²) in [6.45, 7) is 5.75. The van der Waals surface area contributed by atoms with Gasteiger partial charge in [0.15, 0.2) is 0 Å². The molecule has 2 aliphatic rings. The molecule has 2 aromatic carbocycles. The fourth-order valence-electron chi connectivity index (χ4n) is 4.50. The lowest BCUT2D eigenvalue weighted by Crippen LogP contribution is -2.48. The second kappa shape index (κ2) is 9.06. The van der Waals surface area contributed by atoms with Crippen LogP contribution in [0, 0.1) is 0 Å². The number of carbonyl (C=O) groups excluding carboxylic acids is 1. The Hall–Kier alpha value is -2.57. The minimum absolute atomic E-state index is 0.0903. The number of carbonyl (C=O) groups is 1. The van der Waals surface area contributed by atoms with Crippen LogP contribution in [0.25, 0.3) is 0 Å². The van der Waals surface area contributed by atoms with Gasteiger partial charge in [0, 0.05) is 52.0 Å². The normalized spacial score (nSPS) is 18.2. The van der Waals surface area contributed by atoms with Crippen molar-refractivity contribution in [2.24, 2.45) is 0 Å². The molecule has 0 spiro atoms. The SMILES string of the molecule is COc1ccccc1C(=O)NC[C@H](c1ccc2c(c1)CCN2C)N1CCN(C)CC1. The molecule has 1 saturated heterocycles. The number of benzene rings is 2. The van der Waals surface area contributed by atoms with Crippen LogP contribution in [0.1, 0.15) is 27.5 Å². The summed E-state index contributed by atoms with van der Waals surface area (Å²) >= 11 is 0. The zero-order chi connectivity index (χ0) is 21.1. The first-order valence-electron chi connectivity index (χ1n) is 10.7. The zero-order valence-electron chi connectivity index (χ0n) is 18.2. The number of fused-ring (bicyclic) bond motifs is 1. The third-order valence-electron chi connectivity index (χ3n) is 6.40. The molecule has 6 nitrogen and oxygen atoms in total. The maximum Gasteiger partial charge on any atom is 0.255 e. The van der Waals surface area contributed by atoms with Crippen molar-refractivity contribution < 1.29 is 9.53 Å². The van der Waals surface area contributed by atoms with Gasteiger partial charge in [0.1, 0.15) is 5.75 Å². The Morgan fingerprint density at radius 2 is 1.83 bits per heavy atom. The van der Waals surface area contributed by atoms with Crippen LogP contribution in [0.2, 0.25) is 0 Å². The molecule has 0 unspecified atom stereocenters. The van der Waals surface area contributed by atoms with Gasteiger partial charge in [-0.05, 0) is 42.8 Å². The Bertz CT molecular complexity index is 893. The summed E-state index contributed by atoms with van der Waals surface area (Å²) in [5.74, 6) is 0.513. The first kappa shape index (κ1) is 20.7. The highest BCUT2D eigenvalue weighted by molar-refractivity contribution is 5.96. The molecule has 1 atom stereocenters. The van der Waals surface area contributed by atoms with Crippen LogP contribution in [0.4, 0.5) is 5.69 Å². The first-order valence-corrected chi connectivity index (χ1v) is 10.7. The standard InChI is InChI=1S/C24H32N4O2/c1-26-12-14-28(15-13-26)22(18-8-9-21-19(16-18)10-11-27(21)2)17-25-24(29)20-6-4-5-7-23(20)30-3/h4-9,16,22H,10-15,17H2,1-3H3,(H,25,29)/t22-/m1/s1. The molecular weight excluding hydrogens is 376 g/mol. The molecule has 1 amide bonds. The monoisotopic (exact) mass is 408 g/mol. The van der Waals surface area contributed by atoms with E-state index in [9.17, 15) is 4.79 Å². The Kier molecular flexibility index (Phi) is 6.25. The van der Waals surface area contributed by atoms with Gasteiger partial charge in [0.2, 0.25) is 0 Å². The minimum atomic E-state index is -0.0903. The van der Waals surface area contributed by atoms with Gasteiger partial charge in [-0.3, -0.25) is 9.69 Å². The third-order valence-corrected chi connectivity index (χ3v) is 6.40. The van der Waals surface area contributed by atoms with Crippen LogP contribution < -0.4 is 15.0 Å². The van der Waals surface area contributed by atoms with E-state index in [4.69, 9.17) is 4.74 Å². The summed E-state index contributed by atoms with van der Waals surface area (Å²) in [4.78, 5) is 20.1. The fourth-order valence-corrected chi connectivity index (χ4v) is 4.50. The molecule has 0 bridgehead atoms. The number of para-hydroxylation sites is 1. The van der Waals surface area contributed by atoms with Crippen molar-refractivity contribution in [3.63, 3.8) is 0 Å². The number of piperazine rings is 1. The second-order valence-electron chi connectivity index (χ2n) is 8.33. The van der Waals surface area contributed by atoms with Crippen molar-refractivity contribution in [1.29, 1.82) is 0 Å². The van der Waals surface area contributed by atoms with Crippen LogP contribution in [0.5, 0.6) is 5.75 Å². The molecule has 1 fully saturated rings. The Labute approximate surface area is 179 Å². The van der Waals surface area contributed by atoms with E-state index in [2.05, 4.69) is 52.3 Å². The fraction of sp³-hybridized carbons (Fsp3) is 0.458. The van der Waals surface area contributed by atoms with Gasteiger partial charge in [-0.15, -0.1) is 0 Å². The van der Waals surface area contributed by atoms with E-state index in [-0.39, 0.29) is 11.9 Å². The number of likely N-dealkylation sites (N-methyl/N-ethyl adjacent to an activating group) is 2. The summed E-state index contributed by atoms with van der Waals surface area (Å²) in [5.41, 5.74) is 4.60. The van der Waals surface area contributed by atoms with Crippen molar-refractivity contribution in [3.8, 4) is 5.75 Å². The topological polar surface area (TPSA) is 48.1 Å². The number of ether oxygens (including phenoxy) is 1. The Balaban J connectivity index is 1.54. The van der Waals surface area contributed by atoms with E-state index in [1.54, 1.807) is 7.11 Å². The summed E-state index contributed by atoms with van der Waals surface area (Å²) in [5, 5.41) is 3.17. The number of nitrogens with one attached hydrogen (secondary N) is 1. The van der Waals surface area contributed by atoms with Gasteiger partial charge >= 0.3 is 0 Å². The molecule has 1 N–H and O–H groups in total. The highest BCUT2D eigenvalue weighted by atomic mass is 16.5. The predicted molar refractivity (Wildman–Crippen MR) is 121 cm³/mol. The summed E-state index contributed by atoms with van der Waals surface area (Å²) in [6.07, 6.45) is 1.09. The molecule has 0 radical (unpaired) electrons. The van der Waals surface area contributed by atoms with Gasteiger partial charge in [-0.25, -0.2) is 0 Å². The van der Waals surface area contributed by atoms with Gasteiger partial charge in [0.05, 0.1) is 18.7 Å². The summed E-state index contributed by atoms with van der Waals surface area (Å²) < 4.78 is 5.37. The third kappa shape index (κ3) is 4.30. The van der Waals surface area contributed by atoms with E-state index >= 15 is 0 Å². The van der Waals surface area contributed by atoms with Crippen molar-refractivity contribution in [2.45, 2.75) is 12.5 Å². The average Bonchev–Trinajstić information content (AvgIpc) is 3.15. The minimum Gasteiger partial charge on any atom is -0.496 e. The quantitative estimate of drug-likeness (QED) is 0.796. The van der Waals surface area contributed by atoms with Crippen molar-refractivity contribution in [3.05, 3.63) is 59.2 Å². The highest BCUT2D eigenvalue weighted by Crippen LogP contribution is 2.31. The van der Waals surface area contributed by atoms with E-state index in [1.807, 2.05) is 24.3 Å². The van der Waals surface area contributed by atoms with Crippen LogP contribution in [-0.4, -0.2) is 76.2 Å². The predicted octanol–water partition coefficient (Wildman–Crippen LogP) is 2.41. The number of rotatable bonds is 6. The Morgan fingerprint density at radius 3 is 2.60 bits per heavy atom. The maximum absolute atomic E-state index is 12.9. The number of hydrogen-bond acceptors (Lipinski definition) is 5. The number of nitrogens with zero attached hydrogens (tertiary/aromatic N) is 3. The molecule has 0 aromatic heterocycles. The van der Waals surface area contributed by atoms with E-state index in [0.717, 1.165) is 39.1 Å². The molecule has 2 aromatic rings. The van der Waals surface area contributed by atoms with Crippen LogP contribution in [0.3, 0.4) is 0 Å². The number of anilines is 1. The average molecular weight is 409 g/mol. The molecule has 0 saturated carbocycles. The number of amides is 1. The molecule has 4 rings (SSSR count). The molecule has 0 aliphatic carbocycles. The van der Waals surface area contributed by atoms with Crippen LogP contribution >= 0.6 is 0 Å². The van der Waals surface area contributed by atoms with Gasteiger partial charge in [0.25, 0.3) is 5.91 Å². The highest BCUT2D eigenvalue weighted by Gasteiger charge is 2.26. The molecule has 30 heavy (non-hydrogen) atoms. The lowest BCUT2D eigenvalue weighted by atomic mass is 10.00. The lowest BCUT2D eigenvalue weighted by molar-refractivity contribution is 0.0883. The molecule has 2 aliphatic heterocycles. The number of methoxy groups -OCH3 is 1. The largest absolute Gasteiger partial charge is 0.496 e. The van der Waals surface area contributed by atoms with Crippen LogP contribution in [-0.2, 0) is 6.42 Å². The molecule has 160 valence electrons. The molecule has 6 heteroatoms. The van der Waals surface area contributed by atoms with Gasteiger partial charge in [-0.2, -0.15) is 0 Å². The summed E-state index contributed by atoms with van der Waals surface area (Å²) in [7, 11) is 5.92. The Morgan fingerprint density at radius 1 is 1.07 bits per heavy atom. The zero-order valence-corrected chi connectivity index (χ0v) is 18.2. The molecular formula is C24H32N4O2. The van der Waals surface area contributed by atoms with Gasteiger partial charge in [-0.1, -0.05) is 24.3 Å². The molecule has 2 heterocycles. The maximum atomic E-state index is 12.9. The van der Waals surface area contributed by atoms with Gasteiger partial charge < -0.3 is 19.9 Å². The van der Waals surface area contributed by atoms with Crippen molar-refractivity contribution >= 4 is 11.6 Å². The smallest absolute Gasteiger partial charge is 0.255 e. The van der Waals surface area contributed by atoms with E-state index in [1.165, 1.54) is 16.8 Å². The number of hydrogen-bond donors (Lipinski definition) is 1. The van der Waals surface area contributed by atoms with Crippen molar-refractivity contribution in [1.82, 2.24) is 15.1 Å². The second-order valence-corrected chi connectivity index (χ2v) is 8.33. The summed E-state index contributed by atoms with van der Waals surface area (Å²) in [6, 6.07) is 14.4. The first-order chi connectivity index (χ1) is 14.6. The van der Waals surface area contributed by atoms with E-state index < -0.39 is 0 Å². The lowest BCUT2D eigenvalue weighted by Gasteiger charge is -2.38. The van der Waals surface area contributed by atoms with Crippen LogP contribution in [0.15, 0.2) is 42.5 Å². The van der Waals surface area contributed by atoms with E-state index in [0.29, 0.717) is 17.9 Å².